The Morgan fingerprint density at radius 1 is 1.33 bits per heavy atom. The topological polar surface area (TPSA) is 83.9 Å². The SMILES string of the molecule is CCc1cc2c(cc1C(F)(F)F)N(C(=O)OC(C)C)CCC(C(=O)O)C2=O. The van der Waals surface area contributed by atoms with Crippen molar-refractivity contribution in [3.63, 3.8) is 0 Å². The number of carboxylic acids is 1. The molecule has 6 nitrogen and oxygen atoms in total. The van der Waals surface area contributed by atoms with Crippen molar-refractivity contribution in [3.05, 3.63) is 28.8 Å². The standard InChI is InChI=1S/C18H20F3NO5/c1-4-10-7-12-14(8-13(10)18(19,20)21)22(17(26)27-9(2)3)6-5-11(15(12)23)16(24)25/h7-9,11H,4-6H2,1-3H3,(H,24,25). The molecule has 0 aromatic heterocycles. The van der Waals surface area contributed by atoms with Crippen molar-refractivity contribution in [3.8, 4) is 0 Å². The number of ether oxygens (including phenoxy) is 1. The van der Waals surface area contributed by atoms with Gasteiger partial charge in [0.05, 0.1) is 17.4 Å². The van der Waals surface area contributed by atoms with Gasteiger partial charge >= 0.3 is 18.2 Å². The molecule has 1 amide bonds. The van der Waals surface area contributed by atoms with Crippen LogP contribution in [0.5, 0.6) is 0 Å². The highest BCUT2D eigenvalue weighted by Gasteiger charge is 2.40. The molecule has 1 aliphatic heterocycles. The number of anilines is 1. The minimum atomic E-state index is -4.68. The van der Waals surface area contributed by atoms with Crippen molar-refractivity contribution in [2.45, 2.75) is 45.9 Å². The van der Waals surface area contributed by atoms with Gasteiger partial charge in [0.1, 0.15) is 5.92 Å². The maximum atomic E-state index is 13.4. The Morgan fingerprint density at radius 3 is 2.44 bits per heavy atom. The van der Waals surface area contributed by atoms with Gasteiger partial charge in [-0.2, -0.15) is 13.2 Å². The first-order valence-corrected chi connectivity index (χ1v) is 8.46. The Hall–Kier alpha value is -2.58. The molecule has 0 saturated carbocycles. The molecule has 0 radical (unpaired) electrons. The third-order valence-electron chi connectivity index (χ3n) is 4.28. The van der Waals surface area contributed by atoms with Crippen LogP contribution in [0, 0.1) is 5.92 Å². The highest BCUT2D eigenvalue weighted by molar-refractivity contribution is 6.13. The number of alkyl halides is 3. The number of fused-ring (bicyclic) bond motifs is 1. The minimum absolute atomic E-state index is 0.0103. The predicted molar refractivity (Wildman–Crippen MR) is 89.9 cm³/mol. The quantitative estimate of drug-likeness (QED) is 0.795. The number of nitrogens with zero attached hydrogens (tertiary/aromatic N) is 1. The second-order valence-electron chi connectivity index (χ2n) is 6.51. The van der Waals surface area contributed by atoms with E-state index in [0.29, 0.717) is 0 Å². The zero-order valence-corrected chi connectivity index (χ0v) is 15.1. The molecule has 1 heterocycles. The molecule has 0 bridgehead atoms. The summed E-state index contributed by atoms with van der Waals surface area (Å²) in [6.45, 7) is 4.40. The summed E-state index contributed by atoms with van der Waals surface area (Å²) in [5.74, 6) is -3.65. The fourth-order valence-electron chi connectivity index (χ4n) is 3.00. The van der Waals surface area contributed by atoms with Gasteiger partial charge in [-0.1, -0.05) is 6.92 Å². The van der Waals surface area contributed by atoms with Gasteiger partial charge in [-0.15, -0.1) is 0 Å². The van der Waals surface area contributed by atoms with Crippen LogP contribution in [0.25, 0.3) is 0 Å². The molecule has 1 aromatic carbocycles. The number of hydrogen-bond donors (Lipinski definition) is 1. The Balaban J connectivity index is 2.70. The fraction of sp³-hybridized carbons (Fsp3) is 0.500. The van der Waals surface area contributed by atoms with Gasteiger partial charge < -0.3 is 9.84 Å². The highest BCUT2D eigenvalue weighted by Crippen LogP contribution is 2.39. The van der Waals surface area contributed by atoms with Crippen molar-refractivity contribution in [2.75, 3.05) is 11.4 Å². The third-order valence-corrected chi connectivity index (χ3v) is 4.28. The maximum Gasteiger partial charge on any atom is 0.416 e. The van der Waals surface area contributed by atoms with Crippen LogP contribution >= 0.6 is 0 Å². The van der Waals surface area contributed by atoms with Crippen molar-refractivity contribution in [1.29, 1.82) is 0 Å². The first-order valence-electron chi connectivity index (χ1n) is 8.46. The average molecular weight is 387 g/mol. The summed E-state index contributed by atoms with van der Waals surface area (Å²) in [6.07, 6.45) is -6.38. The van der Waals surface area contributed by atoms with E-state index < -0.39 is 41.6 Å². The van der Waals surface area contributed by atoms with Crippen LogP contribution in [0.15, 0.2) is 12.1 Å². The van der Waals surface area contributed by atoms with Gasteiger partial charge in [0.15, 0.2) is 5.78 Å². The summed E-state index contributed by atoms with van der Waals surface area (Å²) in [4.78, 5) is 37.4. The van der Waals surface area contributed by atoms with E-state index in [1.807, 2.05) is 0 Å². The van der Waals surface area contributed by atoms with Gasteiger partial charge in [-0.25, -0.2) is 4.79 Å². The molecule has 9 heteroatoms. The average Bonchev–Trinajstić information content (AvgIpc) is 2.69. The number of aryl methyl sites for hydroxylation is 1. The van der Waals surface area contributed by atoms with E-state index in [2.05, 4.69) is 0 Å². The number of amides is 1. The molecule has 1 unspecified atom stereocenters. The first kappa shape index (κ1) is 20.7. The van der Waals surface area contributed by atoms with E-state index in [0.717, 1.165) is 17.0 Å². The summed E-state index contributed by atoms with van der Waals surface area (Å²) >= 11 is 0. The second kappa shape index (κ2) is 7.58. The largest absolute Gasteiger partial charge is 0.481 e. The normalized spacial score (nSPS) is 17.5. The Labute approximate surface area is 153 Å². The number of carbonyl (C=O) groups excluding carboxylic acids is 2. The van der Waals surface area contributed by atoms with E-state index in [-0.39, 0.29) is 36.2 Å². The van der Waals surface area contributed by atoms with Crippen LogP contribution in [-0.2, 0) is 22.1 Å². The summed E-state index contributed by atoms with van der Waals surface area (Å²) < 4.78 is 45.4. The number of aliphatic carboxylic acids is 1. The Morgan fingerprint density at radius 2 is 1.96 bits per heavy atom. The molecule has 148 valence electrons. The number of ketones is 1. The molecule has 1 atom stereocenters. The third kappa shape index (κ3) is 4.23. The molecule has 27 heavy (non-hydrogen) atoms. The van der Waals surface area contributed by atoms with Crippen molar-refractivity contribution < 1.29 is 37.4 Å². The molecular weight excluding hydrogens is 367 g/mol. The molecule has 1 aliphatic rings. The number of halogens is 3. The van der Waals surface area contributed by atoms with Crippen LogP contribution in [0.1, 0.15) is 48.7 Å². The summed E-state index contributed by atoms with van der Waals surface area (Å²) in [5, 5.41) is 9.30. The maximum absolute atomic E-state index is 13.4. The van der Waals surface area contributed by atoms with Crippen LogP contribution in [0.2, 0.25) is 0 Å². The van der Waals surface area contributed by atoms with Gasteiger partial charge in [-0.05, 0) is 44.4 Å². The Kier molecular flexibility index (Phi) is 5.82. The molecule has 0 aliphatic carbocycles. The van der Waals surface area contributed by atoms with Crippen LogP contribution in [-0.4, -0.2) is 35.6 Å². The second-order valence-corrected chi connectivity index (χ2v) is 6.51. The van der Waals surface area contributed by atoms with Crippen molar-refractivity contribution >= 4 is 23.5 Å². The smallest absolute Gasteiger partial charge is 0.416 e. The number of rotatable bonds is 3. The fourth-order valence-corrected chi connectivity index (χ4v) is 3.00. The van der Waals surface area contributed by atoms with E-state index in [1.165, 1.54) is 6.92 Å². The number of benzene rings is 1. The summed E-state index contributed by atoms with van der Waals surface area (Å²) in [5.41, 5.74) is -1.60. The van der Waals surface area contributed by atoms with Crippen LogP contribution in [0.3, 0.4) is 0 Å². The van der Waals surface area contributed by atoms with Crippen molar-refractivity contribution in [2.24, 2.45) is 5.92 Å². The molecule has 1 aromatic rings. The lowest BCUT2D eigenvalue weighted by Gasteiger charge is -2.25. The van der Waals surface area contributed by atoms with Gasteiger partial charge in [0.2, 0.25) is 0 Å². The molecule has 0 fully saturated rings. The van der Waals surface area contributed by atoms with Crippen molar-refractivity contribution in [1.82, 2.24) is 0 Å². The van der Waals surface area contributed by atoms with Gasteiger partial charge in [-0.3, -0.25) is 14.5 Å². The summed E-state index contributed by atoms with van der Waals surface area (Å²) in [6, 6.07) is 1.77. The summed E-state index contributed by atoms with van der Waals surface area (Å²) in [7, 11) is 0. The van der Waals surface area contributed by atoms with E-state index in [9.17, 15) is 32.7 Å². The molecule has 2 rings (SSSR count). The molecule has 0 spiro atoms. The van der Waals surface area contributed by atoms with E-state index in [1.54, 1.807) is 13.8 Å². The monoisotopic (exact) mass is 387 g/mol. The molecule has 0 saturated heterocycles. The lowest BCUT2D eigenvalue weighted by atomic mass is 9.92. The van der Waals surface area contributed by atoms with Gasteiger partial charge in [0.25, 0.3) is 0 Å². The molecule has 1 N–H and O–H groups in total. The number of Topliss-reactive ketones (excluding diaryl/α,β-unsaturated/α-hetero) is 1. The van der Waals surface area contributed by atoms with Gasteiger partial charge in [0, 0.05) is 12.1 Å². The predicted octanol–water partition coefficient (Wildman–Crippen LogP) is 3.91. The Bertz CT molecular complexity index is 773. The van der Waals surface area contributed by atoms with Crippen LogP contribution < -0.4 is 4.90 Å². The van der Waals surface area contributed by atoms with Crippen LogP contribution in [0.4, 0.5) is 23.7 Å². The zero-order valence-electron chi connectivity index (χ0n) is 15.1. The van der Waals surface area contributed by atoms with E-state index in [4.69, 9.17) is 4.74 Å². The number of hydrogen-bond acceptors (Lipinski definition) is 4. The lowest BCUT2D eigenvalue weighted by Crippen LogP contribution is -2.34. The van der Waals surface area contributed by atoms with E-state index >= 15 is 0 Å². The number of carboxylic acid groups (broad SMARTS) is 1. The molecular formula is C18H20F3NO5. The zero-order chi connectivity index (χ0) is 20.5. The minimum Gasteiger partial charge on any atom is -0.481 e. The first-order chi connectivity index (χ1) is 12.5. The highest BCUT2D eigenvalue weighted by atomic mass is 19.4. The lowest BCUT2D eigenvalue weighted by molar-refractivity contribution is -0.140. The number of carbonyl (C=O) groups is 3.